The number of benzene rings is 1. The van der Waals surface area contributed by atoms with Crippen molar-refractivity contribution in [3.05, 3.63) is 52.1 Å². The van der Waals surface area contributed by atoms with Gasteiger partial charge in [0.15, 0.2) is 0 Å². The summed E-state index contributed by atoms with van der Waals surface area (Å²) in [5.41, 5.74) is 3.82. The van der Waals surface area contributed by atoms with Gasteiger partial charge in [-0.1, -0.05) is 43.2 Å². The maximum absolute atomic E-state index is 12.9. The van der Waals surface area contributed by atoms with Crippen LogP contribution in [-0.4, -0.2) is 26.3 Å². The topological polar surface area (TPSA) is 42.7 Å². The highest BCUT2D eigenvalue weighted by Crippen LogP contribution is 2.36. The lowest BCUT2D eigenvalue weighted by molar-refractivity contribution is 0.122. The molecule has 0 radical (unpaired) electrons. The van der Waals surface area contributed by atoms with Gasteiger partial charge in [-0.05, 0) is 24.8 Å². The van der Waals surface area contributed by atoms with Crippen molar-refractivity contribution in [3.63, 3.8) is 0 Å². The molecular weight excluding hydrogens is 314 g/mol. The van der Waals surface area contributed by atoms with E-state index in [2.05, 4.69) is 4.90 Å². The average Bonchev–Trinajstić information content (AvgIpc) is 2.64. The third-order valence-electron chi connectivity index (χ3n) is 5.25. The Morgan fingerprint density at radius 3 is 2.36 bits per heavy atom. The van der Waals surface area contributed by atoms with Crippen molar-refractivity contribution in [1.82, 2.24) is 0 Å². The van der Waals surface area contributed by atoms with E-state index in [1.165, 1.54) is 18.4 Å². The van der Waals surface area contributed by atoms with Crippen LogP contribution in [0.15, 0.2) is 39.5 Å². The smallest absolute Gasteiger partial charge is 0.345 e. The van der Waals surface area contributed by atoms with Gasteiger partial charge in [-0.2, -0.15) is 0 Å². The van der Waals surface area contributed by atoms with Crippen molar-refractivity contribution >= 4 is 5.69 Å². The lowest BCUT2D eigenvalue weighted by Crippen LogP contribution is -2.38. The minimum absolute atomic E-state index is 0.202. The Labute approximate surface area is 148 Å². The molecule has 1 aliphatic heterocycles. The van der Waals surface area contributed by atoms with Gasteiger partial charge in [-0.25, -0.2) is 4.79 Å². The van der Waals surface area contributed by atoms with Crippen molar-refractivity contribution in [1.29, 1.82) is 0 Å². The maximum atomic E-state index is 12.9. The molecule has 0 saturated carbocycles. The minimum atomic E-state index is -0.202. The summed E-state index contributed by atoms with van der Waals surface area (Å²) in [5.74, 6) is 0.908. The lowest BCUT2D eigenvalue weighted by Gasteiger charge is -2.33. The number of anilines is 1. The van der Waals surface area contributed by atoms with E-state index in [4.69, 9.17) is 9.15 Å². The number of rotatable bonds is 2. The van der Waals surface area contributed by atoms with E-state index in [9.17, 15) is 4.79 Å². The molecule has 4 heteroatoms. The van der Waals surface area contributed by atoms with Gasteiger partial charge in [-0.15, -0.1) is 0 Å². The van der Waals surface area contributed by atoms with Gasteiger partial charge < -0.3 is 14.1 Å². The first-order valence-electron chi connectivity index (χ1n) is 9.41. The van der Waals surface area contributed by atoms with Crippen LogP contribution in [0.3, 0.4) is 0 Å². The van der Waals surface area contributed by atoms with Crippen LogP contribution in [0.5, 0.6) is 0 Å². The van der Waals surface area contributed by atoms with Crippen LogP contribution in [0.4, 0.5) is 5.69 Å². The SMILES string of the molecule is O=c1oc2c(c(N3CCOCC3)c1-c1ccccc1)CCCCCC2. The predicted molar refractivity (Wildman–Crippen MR) is 99.3 cm³/mol. The molecule has 0 N–H and O–H groups in total. The molecule has 1 saturated heterocycles. The molecule has 0 amide bonds. The summed E-state index contributed by atoms with van der Waals surface area (Å²) in [6, 6.07) is 9.95. The molecule has 0 bridgehead atoms. The number of ether oxygens (including phenoxy) is 1. The standard InChI is InChI=1S/C21H25NO3/c23-21-19(16-8-4-3-5-9-16)20(22-12-14-24-15-13-22)17-10-6-1-2-7-11-18(17)25-21/h3-5,8-9H,1-2,6-7,10-15H2. The minimum Gasteiger partial charge on any atom is -0.427 e. The van der Waals surface area contributed by atoms with E-state index < -0.39 is 0 Å². The molecule has 25 heavy (non-hydrogen) atoms. The Morgan fingerprint density at radius 1 is 0.880 bits per heavy atom. The highest BCUT2D eigenvalue weighted by Gasteiger charge is 2.26. The molecule has 2 heterocycles. The monoisotopic (exact) mass is 339 g/mol. The van der Waals surface area contributed by atoms with Crippen LogP contribution in [0, 0.1) is 0 Å². The molecule has 4 nitrogen and oxygen atoms in total. The van der Waals surface area contributed by atoms with E-state index in [1.807, 2.05) is 30.3 Å². The van der Waals surface area contributed by atoms with Crippen LogP contribution in [0.2, 0.25) is 0 Å². The summed E-state index contributed by atoms with van der Waals surface area (Å²) in [7, 11) is 0. The average molecular weight is 339 g/mol. The van der Waals surface area contributed by atoms with Crippen molar-refractivity contribution < 1.29 is 9.15 Å². The number of nitrogens with zero attached hydrogens (tertiary/aromatic N) is 1. The Kier molecular flexibility index (Phi) is 4.88. The zero-order valence-electron chi connectivity index (χ0n) is 14.6. The second-order valence-corrected chi connectivity index (χ2v) is 6.89. The first kappa shape index (κ1) is 16.4. The fraction of sp³-hybridized carbons (Fsp3) is 0.476. The largest absolute Gasteiger partial charge is 0.427 e. The predicted octanol–water partition coefficient (Wildman–Crippen LogP) is 3.80. The Balaban J connectivity index is 1.92. The number of aryl methyl sites for hydroxylation is 1. The zero-order chi connectivity index (χ0) is 17.1. The summed E-state index contributed by atoms with van der Waals surface area (Å²) in [4.78, 5) is 15.3. The number of hydrogen-bond donors (Lipinski definition) is 0. The second-order valence-electron chi connectivity index (χ2n) is 6.89. The summed E-state index contributed by atoms with van der Waals surface area (Å²) in [6.45, 7) is 3.08. The molecule has 1 fully saturated rings. The van der Waals surface area contributed by atoms with Crippen LogP contribution < -0.4 is 10.5 Å². The van der Waals surface area contributed by atoms with Gasteiger partial charge in [0.1, 0.15) is 5.76 Å². The van der Waals surface area contributed by atoms with Crippen LogP contribution in [0.1, 0.15) is 37.0 Å². The van der Waals surface area contributed by atoms with E-state index >= 15 is 0 Å². The Hall–Kier alpha value is -2.07. The van der Waals surface area contributed by atoms with Crippen molar-refractivity contribution in [2.24, 2.45) is 0 Å². The zero-order valence-corrected chi connectivity index (χ0v) is 14.6. The molecule has 0 atom stereocenters. The molecule has 0 spiro atoms. The van der Waals surface area contributed by atoms with Crippen LogP contribution >= 0.6 is 0 Å². The molecule has 0 unspecified atom stereocenters. The van der Waals surface area contributed by atoms with E-state index in [1.54, 1.807) is 0 Å². The third-order valence-corrected chi connectivity index (χ3v) is 5.25. The summed E-state index contributed by atoms with van der Waals surface area (Å²) in [6.07, 6.45) is 6.59. The fourth-order valence-electron chi connectivity index (χ4n) is 4.00. The summed E-state index contributed by atoms with van der Waals surface area (Å²) < 4.78 is 11.4. The quantitative estimate of drug-likeness (QED) is 0.834. The molecule has 1 aliphatic carbocycles. The molecular formula is C21H25NO3. The van der Waals surface area contributed by atoms with E-state index in [0.717, 1.165) is 61.3 Å². The van der Waals surface area contributed by atoms with Gasteiger partial charge in [0.2, 0.25) is 0 Å². The van der Waals surface area contributed by atoms with Gasteiger partial charge in [0.05, 0.1) is 24.5 Å². The molecule has 132 valence electrons. The Morgan fingerprint density at radius 2 is 1.60 bits per heavy atom. The fourth-order valence-corrected chi connectivity index (χ4v) is 4.00. The number of hydrogen-bond acceptors (Lipinski definition) is 4. The molecule has 1 aromatic heterocycles. The van der Waals surface area contributed by atoms with Gasteiger partial charge in [0.25, 0.3) is 0 Å². The van der Waals surface area contributed by atoms with E-state index in [0.29, 0.717) is 13.2 Å². The van der Waals surface area contributed by atoms with Crippen molar-refractivity contribution in [2.45, 2.75) is 38.5 Å². The van der Waals surface area contributed by atoms with Crippen molar-refractivity contribution in [2.75, 3.05) is 31.2 Å². The van der Waals surface area contributed by atoms with Gasteiger partial charge >= 0.3 is 5.63 Å². The highest BCUT2D eigenvalue weighted by atomic mass is 16.5. The molecule has 4 rings (SSSR count). The first-order valence-corrected chi connectivity index (χ1v) is 9.41. The number of fused-ring (bicyclic) bond motifs is 1. The first-order chi connectivity index (χ1) is 12.3. The van der Waals surface area contributed by atoms with Crippen LogP contribution in [0.25, 0.3) is 11.1 Å². The van der Waals surface area contributed by atoms with E-state index in [-0.39, 0.29) is 5.63 Å². The highest BCUT2D eigenvalue weighted by molar-refractivity contribution is 5.80. The molecule has 2 aromatic rings. The van der Waals surface area contributed by atoms with Gasteiger partial charge in [0, 0.05) is 25.1 Å². The molecule has 2 aliphatic rings. The second kappa shape index (κ2) is 7.44. The normalized spacial score (nSPS) is 18.3. The molecule has 1 aromatic carbocycles. The maximum Gasteiger partial charge on any atom is 0.345 e. The van der Waals surface area contributed by atoms with Gasteiger partial charge in [-0.3, -0.25) is 0 Å². The Bertz CT molecular complexity index is 776. The summed E-state index contributed by atoms with van der Waals surface area (Å²) in [5, 5.41) is 0. The summed E-state index contributed by atoms with van der Waals surface area (Å²) >= 11 is 0. The van der Waals surface area contributed by atoms with Crippen molar-refractivity contribution in [3.8, 4) is 11.1 Å². The lowest BCUT2D eigenvalue weighted by atomic mass is 9.93. The number of morpholine rings is 1. The van der Waals surface area contributed by atoms with Crippen LogP contribution in [-0.2, 0) is 17.6 Å². The third kappa shape index (κ3) is 3.36.